The summed E-state index contributed by atoms with van der Waals surface area (Å²) in [5, 5.41) is 14.7. The number of amides is 1. The lowest BCUT2D eigenvalue weighted by Crippen LogP contribution is -2.19. The van der Waals surface area contributed by atoms with E-state index in [1.54, 1.807) is 30.5 Å². The van der Waals surface area contributed by atoms with Gasteiger partial charge in [-0.05, 0) is 75.1 Å². The number of hydrazone groups is 1. The molecule has 0 radical (unpaired) electrons. The first-order valence-corrected chi connectivity index (χ1v) is 10.7. The Morgan fingerprint density at radius 3 is 2.35 bits per heavy atom. The number of nitro benzene ring substituents is 1. The van der Waals surface area contributed by atoms with Gasteiger partial charge in [0.05, 0.1) is 22.0 Å². The van der Waals surface area contributed by atoms with Crippen LogP contribution < -0.4 is 10.2 Å². The predicted molar refractivity (Wildman–Crippen MR) is 125 cm³/mol. The summed E-state index contributed by atoms with van der Waals surface area (Å²) in [7, 11) is 0. The third-order valence-electron chi connectivity index (χ3n) is 4.18. The van der Waals surface area contributed by atoms with Crippen molar-refractivity contribution in [1.29, 1.82) is 0 Å². The second-order valence-corrected chi connectivity index (χ2v) is 8.27. The Morgan fingerprint density at radius 1 is 1.03 bits per heavy atom. The zero-order valence-electron chi connectivity index (χ0n) is 16.1. The molecule has 3 rings (SSSR count). The molecule has 0 atom stereocenters. The number of hydrogen-bond donors (Lipinski definition) is 1. The zero-order chi connectivity index (χ0) is 22.2. The van der Waals surface area contributed by atoms with Crippen LogP contribution in [0.4, 0.5) is 5.69 Å². The molecule has 0 spiro atoms. The second kappa shape index (κ2) is 10.8. The highest BCUT2D eigenvalue weighted by Crippen LogP contribution is 2.26. The molecule has 0 saturated heterocycles. The van der Waals surface area contributed by atoms with Gasteiger partial charge in [0.15, 0.2) is 0 Å². The number of carbonyl (C=O) groups excluding carboxylic acids is 1. The van der Waals surface area contributed by atoms with Crippen molar-refractivity contribution in [3.05, 3.63) is 102 Å². The van der Waals surface area contributed by atoms with Crippen molar-refractivity contribution in [3.63, 3.8) is 0 Å². The number of hydrogen-bond acceptors (Lipinski definition) is 5. The Kier molecular flexibility index (Phi) is 7.91. The Hall–Kier alpha value is -3.04. The molecular formula is C22H17Br2N3O4. The fraction of sp³-hybridized carbons (Fsp3) is 0.0909. The van der Waals surface area contributed by atoms with Gasteiger partial charge in [0, 0.05) is 16.6 Å². The van der Waals surface area contributed by atoms with E-state index in [4.69, 9.17) is 4.74 Å². The van der Waals surface area contributed by atoms with E-state index in [1.165, 1.54) is 12.1 Å². The van der Waals surface area contributed by atoms with Crippen LogP contribution in [0, 0.1) is 10.1 Å². The molecule has 0 heterocycles. The zero-order valence-corrected chi connectivity index (χ0v) is 19.3. The number of halogens is 2. The van der Waals surface area contributed by atoms with Gasteiger partial charge in [0.2, 0.25) is 5.91 Å². The van der Waals surface area contributed by atoms with Crippen molar-refractivity contribution in [1.82, 2.24) is 5.43 Å². The maximum absolute atomic E-state index is 12.0. The van der Waals surface area contributed by atoms with E-state index in [9.17, 15) is 14.9 Å². The van der Waals surface area contributed by atoms with Crippen molar-refractivity contribution in [3.8, 4) is 5.75 Å². The van der Waals surface area contributed by atoms with Crippen LogP contribution in [0.15, 0.2) is 80.8 Å². The second-order valence-electron chi connectivity index (χ2n) is 6.50. The van der Waals surface area contributed by atoms with E-state index >= 15 is 0 Å². The fourth-order valence-electron chi connectivity index (χ4n) is 2.60. The van der Waals surface area contributed by atoms with E-state index in [-0.39, 0.29) is 24.6 Å². The molecule has 3 aromatic carbocycles. The van der Waals surface area contributed by atoms with Gasteiger partial charge in [-0.3, -0.25) is 14.9 Å². The van der Waals surface area contributed by atoms with Gasteiger partial charge < -0.3 is 4.74 Å². The van der Waals surface area contributed by atoms with Crippen LogP contribution in [0.2, 0.25) is 0 Å². The van der Waals surface area contributed by atoms with Crippen molar-refractivity contribution in [2.75, 3.05) is 0 Å². The summed E-state index contributed by atoms with van der Waals surface area (Å²) < 4.78 is 7.44. The van der Waals surface area contributed by atoms with Crippen molar-refractivity contribution >= 4 is 49.7 Å². The fourth-order valence-corrected chi connectivity index (χ4v) is 3.37. The van der Waals surface area contributed by atoms with Gasteiger partial charge in [0.1, 0.15) is 12.4 Å². The predicted octanol–water partition coefficient (Wildman–Crippen LogP) is 5.39. The third kappa shape index (κ3) is 7.01. The largest absolute Gasteiger partial charge is 0.488 e. The summed E-state index contributed by atoms with van der Waals surface area (Å²) in [5.74, 6) is 0.412. The van der Waals surface area contributed by atoms with Crippen LogP contribution in [0.3, 0.4) is 0 Å². The van der Waals surface area contributed by atoms with Gasteiger partial charge in [0.25, 0.3) is 5.69 Å². The Morgan fingerprint density at radius 2 is 1.71 bits per heavy atom. The molecule has 158 valence electrons. The molecule has 0 aliphatic rings. The SMILES string of the molecule is O=C(Cc1ccc(Br)cc1)N/N=C/c1ccc(OCc2ccc([N+](=O)[O-])cc2)c(Br)c1. The number of non-ortho nitro benzene ring substituents is 1. The topological polar surface area (TPSA) is 93.8 Å². The van der Waals surface area contributed by atoms with Gasteiger partial charge in [-0.2, -0.15) is 5.10 Å². The van der Waals surface area contributed by atoms with E-state index in [1.807, 2.05) is 30.3 Å². The maximum Gasteiger partial charge on any atom is 0.269 e. The highest BCUT2D eigenvalue weighted by atomic mass is 79.9. The lowest BCUT2D eigenvalue weighted by atomic mass is 10.1. The number of rotatable bonds is 8. The quantitative estimate of drug-likeness (QED) is 0.233. The molecule has 0 fully saturated rings. The van der Waals surface area contributed by atoms with E-state index in [0.717, 1.165) is 25.6 Å². The van der Waals surface area contributed by atoms with Crippen molar-refractivity contribution in [2.45, 2.75) is 13.0 Å². The molecule has 1 N–H and O–H groups in total. The Labute approximate surface area is 195 Å². The lowest BCUT2D eigenvalue weighted by molar-refractivity contribution is -0.384. The number of ether oxygens (including phenoxy) is 1. The first-order chi connectivity index (χ1) is 14.9. The number of nitro groups is 1. The summed E-state index contributed by atoms with van der Waals surface area (Å²) in [5.41, 5.74) is 5.04. The number of nitrogens with zero attached hydrogens (tertiary/aromatic N) is 2. The highest BCUT2D eigenvalue weighted by molar-refractivity contribution is 9.10. The van der Waals surface area contributed by atoms with Gasteiger partial charge in [-0.25, -0.2) is 5.43 Å². The van der Waals surface area contributed by atoms with Crippen molar-refractivity contribution < 1.29 is 14.5 Å². The minimum atomic E-state index is -0.440. The summed E-state index contributed by atoms with van der Waals surface area (Å²) in [6.07, 6.45) is 1.79. The number of benzene rings is 3. The minimum absolute atomic E-state index is 0.0394. The molecular weight excluding hydrogens is 530 g/mol. The molecule has 7 nitrogen and oxygen atoms in total. The van der Waals surface area contributed by atoms with Crippen LogP contribution in [0.5, 0.6) is 5.75 Å². The highest BCUT2D eigenvalue weighted by Gasteiger charge is 2.06. The van der Waals surface area contributed by atoms with Gasteiger partial charge in [-0.15, -0.1) is 0 Å². The van der Waals surface area contributed by atoms with Crippen LogP contribution >= 0.6 is 31.9 Å². The van der Waals surface area contributed by atoms with Crippen LogP contribution in [-0.2, 0) is 17.8 Å². The van der Waals surface area contributed by atoms with Gasteiger partial charge in [-0.1, -0.05) is 28.1 Å². The molecule has 0 bridgehead atoms. The van der Waals surface area contributed by atoms with Crippen LogP contribution in [0.25, 0.3) is 0 Å². The first-order valence-electron chi connectivity index (χ1n) is 9.13. The molecule has 0 saturated carbocycles. The summed E-state index contributed by atoms with van der Waals surface area (Å²) >= 11 is 6.82. The number of nitrogens with one attached hydrogen (secondary N) is 1. The van der Waals surface area contributed by atoms with Crippen LogP contribution in [-0.4, -0.2) is 17.0 Å². The Balaban J connectivity index is 1.51. The summed E-state index contributed by atoms with van der Waals surface area (Å²) in [6.45, 7) is 0.274. The molecule has 0 unspecified atom stereocenters. The normalized spacial score (nSPS) is 10.8. The Bertz CT molecular complexity index is 1100. The molecule has 0 aliphatic carbocycles. The molecule has 9 heteroatoms. The standard InChI is InChI=1S/C22H17Br2N3O4/c23-18-6-1-15(2-7-18)12-22(28)26-25-13-17-5-10-21(20(24)11-17)31-14-16-3-8-19(9-4-16)27(29)30/h1-11,13H,12,14H2,(H,26,28)/b25-13+. The van der Waals surface area contributed by atoms with E-state index in [0.29, 0.717) is 5.75 Å². The average Bonchev–Trinajstić information content (AvgIpc) is 2.75. The molecule has 31 heavy (non-hydrogen) atoms. The van der Waals surface area contributed by atoms with Crippen LogP contribution in [0.1, 0.15) is 16.7 Å². The van der Waals surface area contributed by atoms with Crippen molar-refractivity contribution in [2.24, 2.45) is 5.10 Å². The summed E-state index contributed by atoms with van der Waals surface area (Å²) in [6, 6.07) is 19.1. The lowest BCUT2D eigenvalue weighted by Gasteiger charge is -2.09. The third-order valence-corrected chi connectivity index (χ3v) is 5.33. The monoisotopic (exact) mass is 545 g/mol. The van der Waals surface area contributed by atoms with E-state index < -0.39 is 4.92 Å². The molecule has 3 aromatic rings. The first kappa shape index (κ1) is 22.6. The average molecular weight is 547 g/mol. The van der Waals surface area contributed by atoms with Gasteiger partial charge >= 0.3 is 0 Å². The molecule has 1 amide bonds. The molecule has 0 aliphatic heterocycles. The molecule has 0 aromatic heterocycles. The number of carbonyl (C=O) groups is 1. The maximum atomic E-state index is 12.0. The summed E-state index contributed by atoms with van der Waals surface area (Å²) in [4.78, 5) is 22.3. The van der Waals surface area contributed by atoms with E-state index in [2.05, 4.69) is 42.4 Å². The smallest absolute Gasteiger partial charge is 0.269 e. The minimum Gasteiger partial charge on any atom is -0.488 e.